The van der Waals surface area contributed by atoms with Crippen LogP contribution in [0.25, 0.3) is 28.0 Å². The molecule has 5 heterocycles. The molecule has 1 N–H and O–H groups in total. The molecule has 242 valence electrons. The molecule has 6 bridgehead atoms. The first-order chi connectivity index (χ1) is 21.8. The number of fused-ring (bicyclic) bond motifs is 6. The fraction of sp³-hybridized carbons (Fsp3) is 0.432. The minimum absolute atomic E-state index is 0.147. The van der Waals surface area contributed by atoms with Crippen molar-refractivity contribution >= 4 is 17.4 Å². The average Bonchev–Trinajstić information content (AvgIpc) is 3.42. The number of hydrogen-bond donors (Lipinski definition) is 1. The van der Waals surface area contributed by atoms with Gasteiger partial charge in [-0.1, -0.05) is 35.9 Å². The molecule has 9 nitrogen and oxygen atoms in total. The van der Waals surface area contributed by atoms with Crippen LogP contribution in [0.1, 0.15) is 70.4 Å². The van der Waals surface area contributed by atoms with Gasteiger partial charge in [-0.05, 0) is 91.1 Å². The Balaban J connectivity index is 1.56. The van der Waals surface area contributed by atoms with E-state index in [1.165, 1.54) is 0 Å². The van der Waals surface area contributed by atoms with E-state index in [-0.39, 0.29) is 11.7 Å². The molecule has 3 aliphatic rings. The SMILES string of the molecule is Cc1ccc2c(c1)-c1cccc(c1)-c1cc3nc(C)c([C@H](OC(C)(C)C)C(=O)O)c(n3n1)N1CCC(C)(CC1)OC/C=C\[C@@H](C)O2. The van der Waals surface area contributed by atoms with Gasteiger partial charge in [0.05, 0.1) is 29.1 Å². The van der Waals surface area contributed by atoms with Gasteiger partial charge in [-0.3, -0.25) is 0 Å². The Labute approximate surface area is 270 Å². The average molecular weight is 625 g/mol. The molecule has 0 spiro atoms. The fourth-order valence-corrected chi connectivity index (χ4v) is 6.34. The summed E-state index contributed by atoms with van der Waals surface area (Å²) in [5, 5.41) is 15.6. The number of rotatable bonds is 3. The predicted octanol–water partition coefficient (Wildman–Crippen LogP) is 7.33. The van der Waals surface area contributed by atoms with Crippen LogP contribution in [-0.4, -0.2) is 62.7 Å². The first-order valence-electron chi connectivity index (χ1n) is 16.0. The number of aliphatic carboxylic acids is 1. The molecular weight excluding hydrogens is 580 g/mol. The Bertz CT molecular complexity index is 1800. The van der Waals surface area contributed by atoms with Crippen molar-refractivity contribution in [3.63, 3.8) is 0 Å². The molecule has 7 rings (SSSR count). The maximum atomic E-state index is 12.8. The van der Waals surface area contributed by atoms with Gasteiger partial charge in [-0.2, -0.15) is 9.61 Å². The molecule has 2 aromatic carbocycles. The number of ether oxygens (including phenoxy) is 3. The molecular formula is C37H44N4O5. The van der Waals surface area contributed by atoms with Crippen molar-refractivity contribution in [3.05, 3.63) is 77.5 Å². The van der Waals surface area contributed by atoms with Gasteiger partial charge in [0.2, 0.25) is 0 Å². The fourth-order valence-electron chi connectivity index (χ4n) is 6.34. The Morgan fingerprint density at radius 1 is 1.09 bits per heavy atom. The Morgan fingerprint density at radius 3 is 2.54 bits per heavy atom. The minimum atomic E-state index is -1.22. The summed E-state index contributed by atoms with van der Waals surface area (Å²) in [6.07, 6.45) is 4.23. The molecule has 46 heavy (non-hydrogen) atoms. The Hall–Kier alpha value is -4.21. The smallest absolute Gasteiger partial charge is 0.337 e. The normalized spacial score (nSPS) is 21.6. The second kappa shape index (κ2) is 12.2. The standard InChI is InChI=1S/C37H44N4O5/c1-23-13-14-30-28(20-23)26-11-8-12-27(21-26)29-22-31-38-25(3)32(33(35(42)43)46-36(4,5)6)34(41(31)39-29)40-17-15-37(7,16-18-40)44-19-9-10-24(2)45-30/h8-14,20-22,24,33H,15-19H2,1-7H3,(H,42,43)/b10-9-/t24-,33+/m1/s1. The van der Waals surface area contributed by atoms with E-state index < -0.39 is 17.7 Å². The van der Waals surface area contributed by atoms with Crippen molar-refractivity contribution < 1.29 is 24.1 Å². The summed E-state index contributed by atoms with van der Waals surface area (Å²) >= 11 is 0. The van der Waals surface area contributed by atoms with Gasteiger partial charge in [0.25, 0.3) is 0 Å². The van der Waals surface area contributed by atoms with Crippen molar-refractivity contribution in [3.8, 4) is 28.1 Å². The summed E-state index contributed by atoms with van der Waals surface area (Å²) in [6, 6.07) is 16.5. The maximum absolute atomic E-state index is 12.8. The molecule has 1 saturated heterocycles. The minimum Gasteiger partial charge on any atom is -0.486 e. The van der Waals surface area contributed by atoms with E-state index in [0.717, 1.165) is 46.5 Å². The third kappa shape index (κ3) is 6.52. The zero-order chi connectivity index (χ0) is 32.8. The topological polar surface area (TPSA) is 98.4 Å². The lowest BCUT2D eigenvalue weighted by Crippen LogP contribution is -2.45. The van der Waals surface area contributed by atoms with Gasteiger partial charge in [0.15, 0.2) is 11.8 Å². The molecule has 1 fully saturated rings. The predicted molar refractivity (Wildman–Crippen MR) is 180 cm³/mol. The maximum Gasteiger partial charge on any atom is 0.337 e. The van der Waals surface area contributed by atoms with Gasteiger partial charge < -0.3 is 24.2 Å². The number of benzene rings is 2. The number of carboxylic acids is 1. The molecule has 0 aliphatic carbocycles. The highest BCUT2D eigenvalue weighted by molar-refractivity contribution is 5.80. The van der Waals surface area contributed by atoms with Crippen LogP contribution in [0.4, 0.5) is 5.82 Å². The third-order valence-corrected chi connectivity index (χ3v) is 8.74. The van der Waals surface area contributed by atoms with Gasteiger partial charge in [-0.15, -0.1) is 0 Å². The van der Waals surface area contributed by atoms with Crippen molar-refractivity contribution in [1.82, 2.24) is 14.6 Å². The highest BCUT2D eigenvalue weighted by atomic mass is 16.5. The summed E-state index contributed by atoms with van der Waals surface area (Å²) in [7, 11) is 0. The first kappa shape index (κ1) is 31.8. The highest BCUT2D eigenvalue weighted by Crippen LogP contribution is 2.39. The van der Waals surface area contributed by atoms with E-state index in [1.54, 1.807) is 4.52 Å². The van der Waals surface area contributed by atoms with Gasteiger partial charge in [0, 0.05) is 36.0 Å². The number of hydrogen-bond acceptors (Lipinski definition) is 7. The number of carbonyl (C=O) groups is 1. The van der Waals surface area contributed by atoms with E-state index in [0.29, 0.717) is 42.4 Å². The van der Waals surface area contributed by atoms with Crippen LogP contribution in [0.2, 0.25) is 0 Å². The molecule has 2 aromatic heterocycles. The lowest BCUT2D eigenvalue weighted by Gasteiger charge is -2.41. The van der Waals surface area contributed by atoms with E-state index >= 15 is 0 Å². The second-order valence-corrected chi connectivity index (χ2v) is 13.8. The highest BCUT2D eigenvalue weighted by Gasteiger charge is 2.37. The molecule has 0 saturated carbocycles. The molecule has 0 amide bonds. The van der Waals surface area contributed by atoms with Gasteiger partial charge in [-0.25, -0.2) is 9.78 Å². The number of nitrogens with zero attached hydrogens (tertiary/aromatic N) is 4. The number of piperidine rings is 1. The summed E-state index contributed by atoms with van der Waals surface area (Å²) in [5.74, 6) is 0.438. The zero-order valence-corrected chi connectivity index (χ0v) is 27.8. The lowest BCUT2D eigenvalue weighted by molar-refractivity contribution is -0.160. The van der Waals surface area contributed by atoms with Crippen molar-refractivity contribution in [2.75, 3.05) is 24.6 Å². The Morgan fingerprint density at radius 2 is 1.83 bits per heavy atom. The van der Waals surface area contributed by atoms with Crippen LogP contribution in [0, 0.1) is 13.8 Å². The zero-order valence-electron chi connectivity index (χ0n) is 27.8. The van der Waals surface area contributed by atoms with E-state index in [9.17, 15) is 9.90 Å². The number of aryl methyl sites for hydroxylation is 2. The third-order valence-electron chi connectivity index (χ3n) is 8.74. The van der Waals surface area contributed by atoms with E-state index in [2.05, 4.69) is 43.0 Å². The van der Waals surface area contributed by atoms with Crippen LogP contribution in [0.3, 0.4) is 0 Å². The van der Waals surface area contributed by atoms with Crippen LogP contribution < -0.4 is 9.64 Å². The van der Waals surface area contributed by atoms with Crippen molar-refractivity contribution in [1.29, 1.82) is 0 Å². The summed E-state index contributed by atoms with van der Waals surface area (Å²) in [6.45, 7) is 15.5. The van der Waals surface area contributed by atoms with Crippen LogP contribution in [0.5, 0.6) is 5.75 Å². The monoisotopic (exact) mass is 624 g/mol. The number of aromatic nitrogens is 3. The molecule has 3 aliphatic heterocycles. The number of carboxylic acid groups (broad SMARTS) is 1. The second-order valence-electron chi connectivity index (χ2n) is 13.8. The Kier molecular flexibility index (Phi) is 8.42. The molecule has 2 atom stereocenters. The largest absolute Gasteiger partial charge is 0.486 e. The molecule has 4 aromatic rings. The van der Waals surface area contributed by atoms with E-state index in [1.807, 2.05) is 71.0 Å². The van der Waals surface area contributed by atoms with Crippen LogP contribution in [-0.2, 0) is 14.3 Å². The van der Waals surface area contributed by atoms with Crippen molar-refractivity contribution in [2.24, 2.45) is 0 Å². The summed E-state index contributed by atoms with van der Waals surface area (Å²) < 4.78 is 20.9. The molecule has 0 radical (unpaired) electrons. The van der Waals surface area contributed by atoms with Crippen molar-refractivity contribution in [2.45, 2.75) is 84.7 Å². The van der Waals surface area contributed by atoms with E-state index in [4.69, 9.17) is 24.3 Å². The quantitative estimate of drug-likeness (QED) is 0.237. The molecule has 9 heteroatoms. The first-order valence-corrected chi connectivity index (χ1v) is 16.0. The van der Waals surface area contributed by atoms with Crippen LogP contribution >= 0.6 is 0 Å². The molecule has 0 unspecified atom stereocenters. The van der Waals surface area contributed by atoms with Crippen LogP contribution in [0.15, 0.2) is 60.7 Å². The summed E-state index contributed by atoms with van der Waals surface area (Å²) in [4.78, 5) is 19.9. The summed E-state index contributed by atoms with van der Waals surface area (Å²) in [5.41, 5.74) is 5.55. The number of anilines is 1. The lowest BCUT2D eigenvalue weighted by atomic mass is 9.92. The van der Waals surface area contributed by atoms with Gasteiger partial charge in [0.1, 0.15) is 17.7 Å². The van der Waals surface area contributed by atoms with Gasteiger partial charge >= 0.3 is 5.97 Å².